The van der Waals surface area contributed by atoms with Crippen molar-refractivity contribution in [3.8, 4) is 5.75 Å². The summed E-state index contributed by atoms with van der Waals surface area (Å²) < 4.78 is 11.2. The second-order valence-corrected chi connectivity index (χ2v) is 11.6. The molecule has 0 aliphatic carbocycles. The molecule has 2 atom stereocenters. The largest absolute Gasteiger partial charge is 0.488 e. The van der Waals surface area contributed by atoms with Gasteiger partial charge in [0, 0.05) is 29.9 Å². The van der Waals surface area contributed by atoms with Gasteiger partial charge in [-0.1, -0.05) is 60.7 Å². The Hall–Kier alpha value is -5.32. The molecular formula is C34H38N4O7. The lowest BCUT2D eigenvalue weighted by Gasteiger charge is -2.22. The molecule has 0 saturated heterocycles. The Labute approximate surface area is 261 Å². The van der Waals surface area contributed by atoms with Crippen LogP contribution in [0.4, 0.5) is 4.79 Å². The predicted octanol–water partition coefficient (Wildman–Crippen LogP) is 4.11. The number of ether oxygens (including phenoxy) is 2. The van der Waals surface area contributed by atoms with E-state index in [1.165, 1.54) is 0 Å². The average molecular weight is 615 g/mol. The van der Waals surface area contributed by atoms with Crippen molar-refractivity contribution in [2.24, 2.45) is 0 Å². The summed E-state index contributed by atoms with van der Waals surface area (Å²) in [5.41, 5.74) is 2.71. The average Bonchev–Trinajstić information content (AvgIpc) is 3.41. The van der Waals surface area contributed by atoms with Crippen LogP contribution in [-0.4, -0.2) is 58.2 Å². The Balaban J connectivity index is 1.38. The number of alkyl carbamates (subject to hydrolysis) is 1. The molecule has 1 aromatic heterocycles. The number of carbonyl (C=O) groups is 4. The first-order valence-electron chi connectivity index (χ1n) is 14.6. The highest BCUT2D eigenvalue weighted by Gasteiger charge is 2.25. The number of amides is 3. The molecule has 236 valence electrons. The Bertz CT molecular complexity index is 1610. The predicted molar refractivity (Wildman–Crippen MR) is 169 cm³/mol. The number of carboxylic acids is 1. The van der Waals surface area contributed by atoms with Gasteiger partial charge in [-0.2, -0.15) is 0 Å². The number of H-pyrrole nitrogens is 1. The molecule has 4 rings (SSSR count). The smallest absolute Gasteiger partial charge is 0.408 e. The minimum absolute atomic E-state index is 0.00919. The van der Waals surface area contributed by atoms with Crippen molar-refractivity contribution < 1.29 is 33.8 Å². The zero-order chi connectivity index (χ0) is 32.4. The van der Waals surface area contributed by atoms with E-state index >= 15 is 0 Å². The molecule has 4 aromatic rings. The van der Waals surface area contributed by atoms with Gasteiger partial charge in [-0.15, -0.1) is 0 Å². The highest BCUT2D eigenvalue weighted by atomic mass is 16.5. The lowest BCUT2D eigenvalue weighted by molar-refractivity contribution is -0.141. The maximum atomic E-state index is 13.2. The van der Waals surface area contributed by atoms with E-state index in [-0.39, 0.29) is 25.0 Å². The summed E-state index contributed by atoms with van der Waals surface area (Å²) in [6.07, 6.45) is 1.05. The van der Waals surface area contributed by atoms with E-state index < -0.39 is 42.5 Å². The second kappa shape index (κ2) is 14.9. The lowest BCUT2D eigenvalue weighted by atomic mass is 10.0. The van der Waals surface area contributed by atoms with Crippen LogP contribution in [0, 0.1) is 0 Å². The summed E-state index contributed by atoms with van der Waals surface area (Å²) in [7, 11) is 0. The standard InChI is InChI=1S/C34H38N4O7/c1-34(2,3)45-25-15-13-22(14-16-25)17-28(38-33(43)44-21-23-9-5-4-6-10-23)31(40)36-20-30(39)37-29(32(41)42)18-24-19-35-27-12-8-7-11-26(24)27/h4-16,19,28-29,35H,17-18,20-21H2,1-3H3,(H,36,40)(H,37,39)(H,38,43)(H,41,42)/t28-,29-/m0/s1. The van der Waals surface area contributed by atoms with Crippen molar-refractivity contribution in [2.75, 3.05) is 6.54 Å². The molecule has 0 saturated carbocycles. The normalized spacial score (nSPS) is 12.5. The van der Waals surface area contributed by atoms with E-state index in [1.54, 1.807) is 42.6 Å². The summed E-state index contributed by atoms with van der Waals surface area (Å²) in [6, 6.07) is 21.4. The topological polar surface area (TPSA) is 159 Å². The van der Waals surface area contributed by atoms with Crippen LogP contribution >= 0.6 is 0 Å². The minimum atomic E-state index is -1.22. The van der Waals surface area contributed by atoms with E-state index in [4.69, 9.17) is 9.47 Å². The first-order chi connectivity index (χ1) is 21.5. The third-order valence-corrected chi connectivity index (χ3v) is 6.76. The van der Waals surface area contributed by atoms with Crippen LogP contribution in [0.3, 0.4) is 0 Å². The van der Waals surface area contributed by atoms with E-state index in [0.717, 1.165) is 27.6 Å². The van der Waals surface area contributed by atoms with Gasteiger partial charge in [0.2, 0.25) is 11.8 Å². The number of carboxylic acid groups (broad SMARTS) is 1. The van der Waals surface area contributed by atoms with Crippen LogP contribution in [0.25, 0.3) is 10.9 Å². The monoisotopic (exact) mass is 614 g/mol. The van der Waals surface area contributed by atoms with Crippen molar-refractivity contribution in [2.45, 2.75) is 57.9 Å². The molecule has 11 nitrogen and oxygen atoms in total. The number of benzene rings is 3. The molecule has 0 aliphatic rings. The molecule has 0 spiro atoms. The number of carbonyl (C=O) groups excluding carboxylic acids is 3. The quantitative estimate of drug-likeness (QED) is 0.152. The fourth-order valence-electron chi connectivity index (χ4n) is 4.66. The van der Waals surface area contributed by atoms with Crippen LogP contribution in [0.15, 0.2) is 85.1 Å². The zero-order valence-electron chi connectivity index (χ0n) is 25.5. The van der Waals surface area contributed by atoms with E-state index in [9.17, 15) is 24.3 Å². The lowest BCUT2D eigenvalue weighted by Crippen LogP contribution is -2.51. The maximum absolute atomic E-state index is 13.2. The summed E-state index contributed by atoms with van der Waals surface area (Å²) in [5.74, 6) is -1.88. The Morgan fingerprint density at radius 2 is 1.51 bits per heavy atom. The summed E-state index contributed by atoms with van der Waals surface area (Å²) in [6.45, 7) is 5.32. The molecule has 11 heteroatoms. The Morgan fingerprint density at radius 3 is 2.20 bits per heavy atom. The SMILES string of the molecule is CC(C)(C)Oc1ccc(C[C@H](NC(=O)OCc2ccccc2)C(=O)NCC(=O)N[C@@H](Cc2c[nH]c3ccccc23)C(=O)O)cc1. The number of hydrogen-bond acceptors (Lipinski definition) is 6. The van der Waals surface area contributed by atoms with Gasteiger partial charge in [0.25, 0.3) is 0 Å². The fourth-order valence-corrected chi connectivity index (χ4v) is 4.66. The summed E-state index contributed by atoms with van der Waals surface area (Å²) >= 11 is 0. The molecule has 1 heterocycles. The number of hydrogen-bond donors (Lipinski definition) is 5. The number of para-hydroxylation sites is 1. The first-order valence-corrected chi connectivity index (χ1v) is 14.6. The third kappa shape index (κ3) is 10.1. The Kier molecular flexibility index (Phi) is 10.8. The van der Waals surface area contributed by atoms with Gasteiger partial charge in [-0.05, 0) is 55.7 Å². The molecule has 3 amide bonds. The highest BCUT2D eigenvalue weighted by Crippen LogP contribution is 2.20. The third-order valence-electron chi connectivity index (χ3n) is 6.76. The van der Waals surface area contributed by atoms with Crippen LogP contribution in [0.2, 0.25) is 0 Å². The van der Waals surface area contributed by atoms with E-state index in [1.807, 2.05) is 63.2 Å². The van der Waals surface area contributed by atoms with Gasteiger partial charge < -0.3 is 35.5 Å². The molecule has 0 aliphatic heterocycles. The van der Waals surface area contributed by atoms with Crippen LogP contribution in [-0.2, 0) is 38.6 Å². The molecule has 0 fully saturated rings. The van der Waals surface area contributed by atoms with Gasteiger partial charge in [0.15, 0.2) is 0 Å². The number of nitrogens with one attached hydrogen (secondary N) is 4. The number of fused-ring (bicyclic) bond motifs is 1. The molecule has 0 radical (unpaired) electrons. The van der Waals surface area contributed by atoms with Gasteiger partial charge in [0.05, 0.1) is 6.54 Å². The van der Waals surface area contributed by atoms with Gasteiger partial charge in [-0.3, -0.25) is 9.59 Å². The molecule has 45 heavy (non-hydrogen) atoms. The number of aromatic amines is 1. The highest BCUT2D eigenvalue weighted by molar-refractivity contribution is 5.91. The van der Waals surface area contributed by atoms with Gasteiger partial charge in [-0.25, -0.2) is 9.59 Å². The molecular weight excluding hydrogens is 576 g/mol. The van der Waals surface area contributed by atoms with Crippen LogP contribution < -0.4 is 20.7 Å². The fraction of sp³-hybridized carbons (Fsp3) is 0.294. The zero-order valence-corrected chi connectivity index (χ0v) is 25.5. The van der Waals surface area contributed by atoms with Crippen molar-refractivity contribution in [3.63, 3.8) is 0 Å². The molecule has 0 bridgehead atoms. The van der Waals surface area contributed by atoms with Crippen LogP contribution in [0.1, 0.15) is 37.5 Å². The number of rotatable bonds is 13. The number of aliphatic carboxylic acids is 1. The first kappa shape index (κ1) is 32.6. The molecule has 5 N–H and O–H groups in total. The molecule has 3 aromatic carbocycles. The Morgan fingerprint density at radius 1 is 0.822 bits per heavy atom. The summed E-state index contributed by atoms with van der Waals surface area (Å²) in [4.78, 5) is 53.7. The van der Waals surface area contributed by atoms with E-state index in [2.05, 4.69) is 20.9 Å². The van der Waals surface area contributed by atoms with Crippen molar-refractivity contribution in [1.82, 2.24) is 20.9 Å². The van der Waals surface area contributed by atoms with Crippen LogP contribution in [0.5, 0.6) is 5.75 Å². The van der Waals surface area contributed by atoms with Gasteiger partial charge in [0.1, 0.15) is 30.0 Å². The van der Waals surface area contributed by atoms with Gasteiger partial charge >= 0.3 is 12.1 Å². The number of aromatic nitrogens is 1. The van der Waals surface area contributed by atoms with Crippen molar-refractivity contribution in [3.05, 3.63) is 102 Å². The minimum Gasteiger partial charge on any atom is -0.488 e. The maximum Gasteiger partial charge on any atom is 0.408 e. The van der Waals surface area contributed by atoms with Crippen molar-refractivity contribution >= 4 is 34.8 Å². The van der Waals surface area contributed by atoms with E-state index in [0.29, 0.717) is 5.75 Å². The van der Waals surface area contributed by atoms with Crippen molar-refractivity contribution in [1.29, 1.82) is 0 Å². The molecule has 0 unspecified atom stereocenters. The summed E-state index contributed by atoms with van der Waals surface area (Å²) in [5, 5.41) is 18.2. The second-order valence-electron chi connectivity index (χ2n) is 11.6.